The summed E-state index contributed by atoms with van der Waals surface area (Å²) in [5.74, 6) is 1.02. The van der Waals surface area contributed by atoms with Crippen molar-refractivity contribution >= 4 is 17.2 Å². The van der Waals surface area contributed by atoms with Gasteiger partial charge >= 0.3 is 0 Å². The second kappa shape index (κ2) is 9.96. The van der Waals surface area contributed by atoms with Crippen LogP contribution in [-0.2, 0) is 13.6 Å². The van der Waals surface area contributed by atoms with Crippen molar-refractivity contribution in [2.24, 2.45) is 7.05 Å². The van der Waals surface area contributed by atoms with E-state index < -0.39 is 13.0 Å². The van der Waals surface area contributed by atoms with Gasteiger partial charge in [0.1, 0.15) is 29.4 Å². The van der Waals surface area contributed by atoms with E-state index in [0.29, 0.717) is 46.4 Å². The third-order valence-corrected chi connectivity index (χ3v) is 5.58. The molecule has 0 fully saturated rings. The molecule has 4 rings (SSSR count). The van der Waals surface area contributed by atoms with Gasteiger partial charge in [-0.1, -0.05) is 12.1 Å². The molecule has 182 valence electrons. The highest BCUT2D eigenvalue weighted by Crippen LogP contribution is 2.38. The van der Waals surface area contributed by atoms with Crippen LogP contribution in [0, 0.1) is 0 Å². The molecule has 0 aliphatic carbocycles. The minimum atomic E-state index is -2.71. The van der Waals surface area contributed by atoms with Gasteiger partial charge < -0.3 is 18.8 Å². The number of aldehydes is 1. The van der Waals surface area contributed by atoms with Gasteiger partial charge in [-0.2, -0.15) is 5.10 Å². The number of ether oxygens (including phenoxy) is 3. The van der Waals surface area contributed by atoms with E-state index in [-0.39, 0.29) is 16.9 Å². The Bertz CT molecular complexity index is 1430. The van der Waals surface area contributed by atoms with Crippen molar-refractivity contribution in [2.45, 2.75) is 13.0 Å². The number of halogens is 2. The fourth-order valence-corrected chi connectivity index (χ4v) is 3.86. The molecule has 2 aromatic carbocycles. The molecule has 0 saturated carbocycles. The summed E-state index contributed by atoms with van der Waals surface area (Å²) in [5, 5.41) is 4.98. The van der Waals surface area contributed by atoms with E-state index in [1.54, 1.807) is 31.2 Å². The lowest BCUT2D eigenvalue weighted by Crippen LogP contribution is -2.20. The Morgan fingerprint density at radius 1 is 1.06 bits per heavy atom. The number of methoxy groups -OCH3 is 2. The van der Waals surface area contributed by atoms with E-state index in [2.05, 4.69) is 5.10 Å². The molecular formula is C25H23F2N3O5. The van der Waals surface area contributed by atoms with Crippen molar-refractivity contribution in [3.05, 3.63) is 70.3 Å². The Balaban J connectivity index is 1.87. The maximum absolute atomic E-state index is 13.1. The van der Waals surface area contributed by atoms with Crippen molar-refractivity contribution < 1.29 is 27.8 Å². The molecule has 35 heavy (non-hydrogen) atoms. The third-order valence-electron chi connectivity index (χ3n) is 5.58. The molecule has 0 atom stereocenters. The molecular weight excluding hydrogens is 460 g/mol. The molecule has 4 aromatic rings. The Morgan fingerprint density at radius 3 is 2.43 bits per heavy atom. The zero-order valence-corrected chi connectivity index (χ0v) is 19.3. The monoisotopic (exact) mass is 483 g/mol. The van der Waals surface area contributed by atoms with Crippen molar-refractivity contribution in [3.63, 3.8) is 0 Å². The van der Waals surface area contributed by atoms with Crippen LogP contribution < -0.4 is 19.8 Å². The molecule has 0 unspecified atom stereocenters. The van der Waals surface area contributed by atoms with E-state index in [1.165, 1.54) is 23.8 Å². The van der Waals surface area contributed by atoms with E-state index in [4.69, 9.17) is 14.2 Å². The summed E-state index contributed by atoms with van der Waals surface area (Å²) in [4.78, 5) is 24.6. The van der Waals surface area contributed by atoms with Gasteiger partial charge in [-0.05, 0) is 29.8 Å². The fraction of sp³-hybridized carbons (Fsp3) is 0.240. The maximum atomic E-state index is 13.1. The van der Waals surface area contributed by atoms with Crippen LogP contribution >= 0.6 is 0 Å². The molecule has 0 radical (unpaired) electrons. The average molecular weight is 483 g/mol. The first-order valence-electron chi connectivity index (χ1n) is 10.6. The smallest absolute Gasteiger partial charge is 0.276 e. The molecule has 0 aliphatic rings. The molecule has 0 spiro atoms. The summed E-state index contributed by atoms with van der Waals surface area (Å²) >= 11 is 0. The molecule has 8 nitrogen and oxygen atoms in total. The van der Waals surface area contributed by atoms with Gasteiger partial charge in [-0.15, -0.1) is 0 Å². The first kappa shape index (κ1) is 23.9. The SMILES string of the molecule is COc1ccc(Cn2ncc3c(-c4cc(OCC(F)F)c(C=O)cc4OC)cn(C)c(=O)c32)cc1. The number of hydrogen-bond donors (Lipinski definition) is 0. The lowest BCUT2D eigenvalue weighted by Gasteiger charge is -2.16. The van der Waals surface area contributed by atoms with E-state index >= 15 is 0 Å². The molecule has 0 aliphatic heterocycles. The van der Waals surface area contributed by atoms with Gasteiger partial charge in [-0.3, -0.25) is 14.3 Å². The van der Waals surface area contributed by atoms with Crippen LogP contribution in [0.1, 0.15) is 15.9 Å². The number of fused-ring (bicyclic) bond motifs is 1. The Hall–Kier alpha value is -4.21. The van der Waals surface area contributed by atoms with Crippen LogP contribution in [0.15, 0.2) is 53.6 Å². The van der Waals surface area contributed by atoms with Gasteiger partial charge in [0.2, 0.25) is 0 Å². The van der Waals surface area contributed by atoms with Crippen LogP contribution in [-0.4, -0.2) is 47.9 Å². The summed E-state index contributed by atoms with van der Waals surface area (Å²) in [6, 6.07) is 10.3. The summed E-state index contributed by atoms with van der Waals surface area (Å²) < 4.78 is 44.4. The van der Waals surface area contributed by atoms with E-state index in [9.17, 15) is 18.4 Å². The van der Waals surface area contributed by atoms with Gasteiger partial charge in [0.25, 0.3) is 12.0 Å². The predicted octanol–water partition coefficient (Wildman–Crippen LogP) is 3.92. The predicted molar refractivity (Wildman–Crippen MR) is 126 cm³/mol. The molecule has 0 N–H and O–H groups in total. The lowest BCUT2D eigenvalue weighted by atomic mass is 10.0. The fourth-order valence-electron chi connectivity index (χ4n) is 3.86. The number of carbonyl (C=O) groups excluding carboxylic acids is 1. The van der Waals surface area contributed by atoms with Crippen LogP contribution in [0.25, 0.3) is 22.0 Å². The van der Waals surface area contributed by atoms with Gasteiger partial charge in [-0.25, -0.2) is 8.78 Å². The molecule has 0 bridgehead atoms. The second-order valence-corrected chi connectivity index (χ2v) is 7.78. The number of alkyl halides is 2. The number of nitrogens with zero attached hydrogens (tertiary/aromatic N) is 3. The minimum absolute atomic E-state index is 0.0104. The number of aromatic nitrogens is 3. The van der Waals surface area contributed by atoms with Gasteiger partial charge in [0.05, 0.1) is 32.5 Å². The highest BCUT2D eigenvalue weighted by atomic mass is 19.3. The number of rotatable bonds is 9. The standard InChI is InChI=1S/C25H23F2N3O5/c1-29-12-20(18-9-21(35-14-23(26)27)16(13-31)8-22(18)34-3)19-10-28-30(24(19)25(29)32)11-15-4-6-17(33-2)7-5-15/h4-10,12-13,23H,11,14H2,1-3H3. The zero-order chi connectivity index (χ0) is 25.1. The van der Waals surface area contributed by atoms with Crippen LogP contribution in [0.5, 0.6) is 17.2 Å². The average Bonchev–Trinajstić information content (AvgIpc) is 3.28. The largest absolute Gasteiger partial charge is 0.497 e. The van der Waals surface area contributed by atoms with Crippen molar-refractivity contribution in [1.82, 2.24) is 14.3 Å². The topological polar surface area (TPSA) is 84.6 Å². The maximum Gasteiger partial charge on any atom is 0.276 e. The normalized spacial score (nSPS) is 11.1. The first-order chi connectivity index (χ1) is 16.9. The second-order valence-electron chi connectivity index (χ2n) is 7.78. The van der Waals surface area contributed by atoms with Crippen molar-refractivity contribution in [1.29, 1.82) is 0 Å². The minimum Gasteiger partial charge on any atom is -0.497 e. The number of hydrogen-bond acceptors (Lipinski definition) is 6. The molecule has 2 aromatic heterocycles. The van der Waals surface area contributed by atoms with Crippen molar-refractivity contribution in [3.8, 4) is 28.4 Å². The van der Waals surface area contributed by atoms with Gasteiger partial charge in [0.15, 0.2) is 6.29 Å². The molecule has 0 amide bonds. The number of pyridine rings is 1. The number of benzene rings is 2. The Labute approximate surface area is 199 Å². The van der Waals surface area contributed by atoms with Crippen LogP contribution in [0.4, 0.5) is 8.78 Å². The quantitative estimate of drug-likeness (QED) is 0.336. The molecule has 2 heterocycles. The molecule has 0 saturated heterocycles. The number of aryl methyl sites for hydroxylation is 1. The summed E-state index contributed by atoms with van der Waals surface area (Å²) in [5.41, 5.74) is 2.12. The summed E-state index contributed by atoms with van der Waals surface area (Å²) in [6.45, 7) is -0.523. The van der Waals surface area contributed by atoms with Gasteiger partial charge in [0, 0.05) is 29.8 Å². The highest BCUT2D eigenvalue weighted by molar-refractivity contribution is 5.97. The summed E-state index contributed by atoms with van der Waals surface area (Å²) in [7, 11) is 4.62. The van der Waals surface area contributed by atoms with E-state index in [0.717, 1.165) is 5.56 Å². The Kier molecular flexibility index (Phi) is 6.81. The number of carbonyl (C=O) groups is 1. The Morgan fingerprint density at radius 2 is 1.80 bits per heavy atom. The lowest BCUT2D eigenvalue weighted by molar-refractivity contribution is 0.0809. The highest BCUT2D eigenvalue weighted by Gasteiger charge is 2.20. The van der Waals surface area contributed by atoms with E-state index in [1.807, 2.05) is 24.3 Å². The first-order valence-corrected chi connectivity index (χ1v) is 10.6. The van der Waals surface area contributed by atoms with Crippen LogP contribution in [0.3, 0.4) is 0 Å². The molecule has 10 heteroatoms. The van der Waals surface area contributed by atoms with Crippen molar-refractivity contribution in [2.75, 3.05) is 20.8 Å². The zero-order valence-electron chi connectivity index (χ0n) is 19.3. The van der Waals surface area contributed by atoms with Crippen LogP contribution in [0.2, 0.25) is 0 Å². The third kappa shape index (κ3) is 4.72. The summed E-state index contributed by atoms with van der Waals surface area (Å²) in [6.07, 6.45) is 0.985.